The first kappa shape index (κ1) is 20.1. The second-order valence-electron chi connectivity index (χ2n) is 7.13. The van der Waals surface area contributed by atoms with Crippen molar-refractivity contribution in [2.24, 2.45) is 5.92 Å². The van der Waals surface area contributed by atoms with Gasteiger partial charge in [0.2, 0.25) is 11.8 Å². The van der Waals surface area contributed by atoms with Crippen LogP contribution in [-0.4, -0.2) is 32.0 Å². The van der Waals surface area contributed by atoms with Gasteiger partial charge in [0.1, 0.15) is 11.8 Å². The van der Waals surface area contributed by atoms with E-state index in [1.807, 2.05) is 26.8 Å². The largest absolute Gasteiger partial charge is 0.471 e. The highest BCUT2D eigenvalue weighted by Crippen LogP contribution is 2.37. The highest BCUT2D eigenvalue weighted by molar-refractivity contribution is 7.92. The van der Waals surface area contributed by atoms with Gasteiger partial charge >= 0.3 is 0 Å². The Hall–Kier alpha value is -2.61. The summed E-state index contributed by atoms with van der Waals surface area (Å²) in [7, 11) is -3.80. The van der Waals surface area contributed by atoms with Crippen molar-refractivity contribution in [3.8, 4) is 5.88 Å². The minimum absolute atomic E-state index is 0.137. The molecule has 8 heteroatoms. The van der Waals surface area contributed by atoms with E-state index < -0.39 is 10.0 Å². The number of carbonyl (C=O) groups excluding carboxylic acids is 1. The van der Waals surface area contributed by atoms with E-state index in [0.29, 0.717) is 17.8 Å². The number of rotatable bonds is 5. The van der Waals surface area contributed by atoms with Crippen LogP contribution >= 0.6 is 0 Å². The van der Waals surface area contributed by atoms with Crippen LogP contribution in [0.2, 0.25) is 0 Å². The molecule has 0 aliphatic carbocycles. The zero-order valence-electron chi connectivity index (χ0n) is 16.5. The van der Waals surface area contributed by atoms with E-state index in [-0.39, 0.29) is 35.2 Å². The van der Waals surface area contributed by atoms with E-state index in [1.165, 1.54) is 10.5 Å². The fraction of sp³-hybridized carbons (Fsp3) is 0.400. The highest BCUT2D eigenvalue weighted by atomic mass is 32.2. The Kier molecular flexibility index (Phi) is 5.60. The van der Waals surface area contributed by atoms with Crippen molar-refractivity contribution in [1.29, 1.82) is 0 Å². The number of sulfonamides is 1. The van der Waals surface area contributed by atoms with Gasteiger partial charge in [0, 0.05) is 5.92 Å². The van der Waals surface area contributed by atoms with Crippen LogP contribution in [0.1, 0.15) is 32.8 Å². The molecule has 2 aromatic rings. The summed E-state index contributed by atoms with van der Waals surface area (Å²) in [5.74, 6) is -0.0570. The van der Waals surface area contributed by atoms with Crippen molar-refractivity contribution in [2.45, 2.75) is 45.1 Å². The number of amides is 1. The van der Waals surface area contributed by atoms with Gasteiger partial charge in [-0.2, -0.15) is 0 Å². The second kappa shape index (κ2) is 7.79. The smallest absolute Gasteiger partial charge is 0.264 e. The minimum atomic E-state index is -3.80. The number of carbonyl (C=O) groups is 1. The van der Waals surface area contributed by atoms with Gasteiger partial charge in [-0.1, -0.05) is 26.0 Å². The third-order valence-electron chi connectivity index (χ3n) is 4.74. The maximum atomic E-state index is 13.3. The van der Waals surface area contributed by atoms with Crippen molar-refractivity contribution in [1.82, 2.24) is 4.98 Å². The van der Waals surface area contributed by atoms with Crippen LogP contribution in [-0.2, 0) is 14.8 Å². The summed E-state index contributed by atoms with van der Waals surface area (Å²) >= 11 is 0. The summed E-state index contributed by atoms with van der Waals surface area (Å²) in [6.07, 6.45) is 1.84. The Morgan fingerprint density at radius 3 is 2.82 bits per heavy atom. The number of hydrogen-bond acceptors (Lipinski definition) is 5. The molecule has 1 amide bonds. The van der Waals surface area contributed by atoms with Crippen molar-refractivity contribution in [3.05, 3.63) is 42.1 Å². The molecule has 0 bridgehead atoms. The van der Waals surface area contributed by atoms with E-state index in [4.69, 9.17) is 4.74 Å². The molecule has 150 valence electrons. The molecule has 2 heterocycles. The summed E-state index contributed by atoms with van der Waals surface area (Å²) in [6.45, 7) is 7.57. The van der Waals surface area contributed by atoms with Gasteiger partial charge in [0.05, 0.1) is 23.3 Å². The lowest BCUT2D eigenvalue weighted by atomic mass is 10.1. The molecule has 0 radical (unpaired) electrons. The first-order valence-corrected chi connectivity index (χ1v) is 10.7. The van der Waals surface area contributed by atoms with Crippen molar-refractivity contribution >= 4 is 27.3 Å². The predicted molar refractivity (Wildman–Crippen MR) is 108 cm³/mol. The lowest BCUT2D eigenvalue weighted by Crippen LogP contribution is -2.42. The molecule has 1 aliphatic heterocycles. The summed E-state index contributed by atoms with van der Waals surface area (Å²) in [6, 6.07) is 8.37. The Labute approximate surface area is 165 Å². The summed E-state index contributed by atoms with van der Waals surface area (Å²) in [5, 5.41) is 2.80. The van der Waals surface area contributed by atoms with Crippen LogP contribution < -0.4 is 14.4 Å². The third-order valence-corrected chi connectivity index (χ3v) is 6.52. The molecule has 2 atom stereocenters. The monoisotopic (exact) mass is 403 g/mol. The molecule has 1 N–H and O–H groups in total. The molecule has 0 saturated heterocycles. The molecule has 3 rings (SSSR count). The number of nitrogens with one attached hydrogen (secondary N) is 1. The Balaban J connectivity index is 2.01. The maximum Gasteiger partial charge on any atom is 0.264 e. The van der Waals surface area contributed by atoms with E-state index in [2.05, 4.69) is 10.3 Å². The number of pyridine rings is 1. The molecular formula is C20H25N3O4S. The van der Waals surface area contributed by atoms with Crippen LogP contribution in [0.4, 0.5) is 11.4 Å². The van der Waals surface area contributed by atoms with Gasteiger partial charge in [0.15, 0.2) is 0 Å². The average Bonchev–Trinajstić information content (AvgIpc) is 2.66. The molecule has 7 nitrogen and oxygen atoms in total. The molecule has 1 aliphatic rings. The number of aromatic nitrogens is 1. The summed E-state index contributed by atoms with van der Waals surface area (Å²) in [5.41, 5.74) is 1.61. The van der Waals surface area contributed by atoms with Crippen molar-refractivity contribution < 1.29 is 17.9 Å². The first-order chi connectivity index (χ1) is 13.2. The minimum Gasteiger partial charge on any atom is -0.471 e. The summed E-state index contributed by atoms with van der Waals surface area (Å²) < 4.78 is 33.6. The van der Waals surface area contributed by atoms with Gasteiger partial charge in [-0.05, 0) is 44.0 Å². The van der Waals surface area contributed by atoms with E-state index >= 15 is 0 Å². The maximum absolute atomic E-state index is 13.3. The van der Waals surface area contributed by atoms with E-state index in [0.717, 1.165) is 5.56 Å². The standard InChI is InChI=1S/C20H25N3O4S/c1-5-14(3)19(24)22-16-10-18-20(21-11-16)27-15(4)12-23(18)28(25,26)17-8-6-7-13(2)9-17/h6-11,14-15H,5,12H2,1-4H3,(H,22,24). The number of nitrogens with zero attached hydrogens (tertiary/aromatic N) is 2. The predicted octanol–water partition coefficient (Wildman–Crippen LogP) is 3.35. The quantitative estimate of drug-likeness (QED) is 0.827. The Morgan fingerprint density at radius 1 is 1.39 bits per heavy atom. The topological polar surface area (TPSA) is 88.6 Å². The van der Waals surface area contributed by atoms with Crippen molar-refractivity contribution in [2.75, 3.05) is 16.2 Å². The summed E-state index contributed by atoms with van der Waals surface area (Å²) in [4.78, 5) is 16.6. The van der Waals surface area contributed by atoms with Crippen LogP contribution in [0.15, 0.2) is 41.4 Å². The van der Waals surface area contributed by atoms with Crippen molar-refractivity contribution in [3.63, 3.8) is 0 Å². The number of anilines is 2. The van der Waals surface area contributed by atoms with E-state index in [9.17, 15) is 13.2 Å². The zero-order chi connectivity index (χ0) is 20.5. The molecule has 2 unspecified atom stereocenters. The molecule has 1 aromatic carbocycles. The zero-order valence-corrected chi connectivity index (χ0v) is 17.3. The van der Waals surface area contributed by atoms with Gasteiger partial charge < -0.3 is 10.1 Å². The molecule has 1 aromatic heterocycles. The molecule has 0 fully saturated rings. The Morgan fingerprint density at radius 2 is 2.14 bits per heavy atom. The number of fused-ring (bicyclic) bond motifs is 1. The molecular weight excluding hydrogens is 378 g/mol. The number of ether oxygens (including phenoxy) is 1. The fourth-order valence-electron chi connectivity index (χ4n) is 2.92. The Bertz CT molecular complexity index is 991. The third kappa shape index (κ3) is 3.96. The van der Waals surface area contributed by atoms with Gasteiger partial charge in [-0.3, -0.25) is 9.10 Å². The van der Waals surface area contributed by atoms with E-state index in [1.54, 1.807) is 31.2 Å². The van der Waals surface area contributed by atoms with Crippen LogP contribution in [0, 0.1) is 12.8 Å². The second-order valence-corrected chi connectivity index (χ2v) is 8.99. The van der Waals surface area contributed by atoms with Crippen LogP contribution in [0.3, 0.4) is 0 Å². The fourth-order valence-corrected chi connectivity index (χ4v) is 4.56. The normalized spacial score (nSPS) is 17.4. The number of aryl methyl sites for hydroxylation is 1. The number of hydrogen-bond donors (Lipinski definition) is 1. The lowest BCUT2D eigenvalue weighted by Gasteiger charge is -2.33. The van der Waals surface area contributed by atoms with Crippen LogP contribution in [0.25, 0.3) is 0 Å². The number of benzene rings is 1. The SMILES string of the molecule is CCC(C)C(=O)Nc1cnc2c(c1)N(S(=O)(=O)c1cccc(C)c1)CC(C)O2. The molecule has 28 heavy (non-hydrogen) atoms. The average molecular weight is 404 g/mol. The van der Waals surface area contributed by atoms with Gasteiger partial charge in [-0.25, -0.2) is 13.4 Å². The van der Waals surface area contributed by atoms with Crippen LogP contribution in [0.5, 0.6) is 5.88 Å². The molecule has 0 spiro atoms. The van der Waals surface area contributed by atoms with Gasteiger partial charge in [0.25, 0.3) is 10.0 Å². The lowest BCUT2D eigenvalue weighted by molar-refractivity contribution is -0.119. The molecule has 0 saturated carbocycles. The highest BCUT2D eigenvalue weighted by Gasteiger charge is 2.34. The first-order valence-electron chi connectivity index (χ1n) is 9.29. The van der Waals surface area contributed by atoms with Gasteiger partial charge in [-0.15, -0.1) is 0 Å².